The van der Waals surface area contributed by atoms with Crippen LogP contribution in [0.2, 0.25) is 0 Å². The van der Waals surface area contributed by atoms with Gasteiger partial charge >= 0.3 is 5.97 Å². The summed E-state index contributed by atoms with van der Waals surface area (Å²) >= 11 is 1.53. The smallest absolute Gasteiger partial charge is 0.348 e. The lowest BCUT2D eigenvalue weighted by Crippen LogP contribution is -2.35. The molecule has 126 valence electrons. The minimum absolute atomic E-state index is 0.171. The van der Waals surface area contributed by atoms with Gasteiger partial charge in [-0.15, -0.1) is 11.3 Å². The van der Waals surface area contributed by atoms with E-state index in [4.69, 9.17) is 4.74 Å². The molecule has 5 heteroatoms. The lowest BCUT2D eigenvalue weighted by molar-refractivity contribution is -0.124. The lowest BCUT2D eigenvalue weighted by Gasteiger charge is -2.19. The number of amides is 1. The Labute approximate surface area is 141 Å². The zero-order valence-electron chi connectivity index (χ0n) is 13.7. The number of hydrogen-bond donors (Lipinski definition) is 1. The lowest BCUT2D eigenvalue weighted by atomic mass is 9.87. The Hall–Kier alpha value is -1.36. The van der Waals surface area contributed by atoms with Crippen molar-refractivity contribution >= 4 is 23.2 Å². The fourth-order valence-corrected chi connectivity index (χ4v) is 4.69. The van der Waals surface area contributed by atoms with Crippen molar-refractivity contribution in [2.24, 2.45) is 5.92 Å². The molecule has 0 aromatic carbocycles. The van der Waals surface area contributed by atoms with Crippen LogP contribution in [0.1, 0.15) is 65.6 Å². The molecule has 1 amide bonds. The molecule has 1 aromatic rings. The zero-order chi connectivity index (χ0) is 16.2. The highest BCUT2D eigenvalue weighted by Crippen LogP contribution is 2.33. The van der Waals surface area contributed by atoms with Gasteiger partial charge in [-0.1, -0.05) is 26.2 Å². The molecule has 1 aromatic heterocycles. The average molecular weight is 335 g/mol. The van der Waals surface area contributed by atoms with Crippen molar-refractivity contribution in [3.63, 3.8) is 0 Å². The molecule has 0 spiro atoms. The van der Waals surface area contributed by atoms with Gasteiger partial charge in [-0.2, -0.15) is 0 Å². The van der Waals surface area contributed by atoms with Crippen LogP contribution < -0.4 is 5.32 Å². The molecule has 23 heavy (non-hydrogen) atoms. The summed E-state index contributed by atoms with van der Waals surface area (Å²) in [7, 11) is 0. The number of nitrogens with one attached hydrogen (secondary N) is 1. The second kappa shape index (κ2) is 7.47. The van der Waals surface area contributed by atoms with Gasteiger partial charge in [0.1, 0.15) is 4.88 Å². The number of hydrogen-bond acceptors (Lipinski definition) is 4. The average Bonchev–Trinajstić information content (AvgIpc) is 3.20. The number of carbonyl (C=O) groups is 2. The van der Waals surface area contributed by atoms with Gasteiger partial charge in [0.25, 0.3) is 5.91 Å². The minimum atomic E-state index is -0.362. The van der Waals surface area contributed by atoms with E-state index in [9.17, 15) is 9.59 Å². The van der Waals surface area contributed by atoms with E-state index in [0.29, 0.717) is 4.88 Å². The first-order chi connectivity index (χ1) is 11.2. The maximum atomic E-state index is 12.2. The third-order valence-electron chi connectivity index (χ3n) is 5.02. The van der Waals surface area contributed by atoms with Gasteiger partial charge in [0, 0.05) is 10.9 Å². The van der Waals surface area contributed by atoms with Crippen molar-refractivity contribution in [3.05, 3.63) is 21.4 Å². The molecule has 1 N–H and O–H groups in total. The van der Waals surface area contributed by atoms with Gasteiger partial charge in [-0.3, -0.25) is 4.79 Å². The van der Waals surface area contributed by atoms with E-state index >= 15 is 0 Å². The fourth-order valence-electron chi connectivity index (χ4n) is 3.59. The Bertz CT molecular complexity index is 575. The molecule has 2 aliphatic carbocycles. The second-order valence-electron chi connectivity index (χ2n) is 6.70. The fraction of sp³-hybridized carbons (Fsp3) is 0.667. The quantitative estimate of drug-likeness (QED) is 0.838. The van der Waals surface area contributed by atoms with Crippen LogP contribution in [-0.4, -0.2) is 24.5 Å². The molecule has 3 rings (SSSR count). The number of fused-ring (bicyclic) bond motifs is 1. The van der Waals surface area contributed by atoms with Crippen LogP contribution in [0.25, 0.3) is 0 Å². The minimum Gasteiger partial charge on any atom is -0.451 e. The summed E-state index contributed by atoms with van der Waals surface area (Å²) in [6, 6.07) is 2.24. The normalized spacial score (nSPS) is 21.0. The highest BCUT2D eigenvalue weighted by atomic mass is 32.1. The molecule has 1 fully saturated rings. The van der Waals surface area contributed by atoms with E-state index in [1.165, 1.54) is 47.5 Å². The summed E-state index contributed by atoms with van der Waals surface area (Å²) < 4.78 is 5.19. The maximum absolute atomic E-state index is 12.2. The molecule has 0 aliphatic heterocycles. The summed E-state index contributed by atoms with van der Waals surface area (Å²) in [6.07, 6.45) is 8.95. The highest BCUT2D eigenvalue weighted by Gasteiger charge is 2.23. The Balaban J connectivity index is 1.50. The molecule has 1 saturated carbocycles. The van der Waals surface area contributed by atoms with Crippen LogP contribution in [-0.2, 0) is 22.4 Å². The van der Waals surface area contributed by atoms with Gasteiger partial charge in [0.05, 0.1) is 0 Å². The summed E-state index contributed by atoms with van der Waals surface area (Å²) in [5.74, 6) is 0.190. The van der Waals surface area contributed by atoms with Crippen LogP contribution in [0.3, 0.4) is 0 Å². The van der Waals surface area contributed by atoms with Crippen molar-refractivity contribution in [2.45, 2.75) is 64.3 Å². The molecular weight excluding hydrogens is 310 g/mol. The van der Waals surface area contributed by atoms with Crippen molar-refractivity contribution in [1.29, 1.82) is 0 Å². The first-order valence-electron chi connectivity index (χ1n) is 8.73. The van der Waals surface area contributed by atoms with E-state index in [2.05, 4.69) is 12.2 Å². The summed E-state index contributed by atoms with van der Waals surface area (Å²) in [4.78, 5) is 25.9. The number of esters is 1. The number of carbonyl (C=O) groups excluding carboxylic acids is 2. The number of thiophene rings is 1. The molecule has 4 nitrogen and oxygen atoms in total. The largest absolute Gasteiger partial charge is 0.451 e. The molecule has 0 bridgehead atoms. The summed E-state index contributed by atoms with van der Waals surface area (Å²) in [5.41, 5.74) is 1.30. The SMILES string of the molecule is CC[C@H]1CCc2sc(C(=O)OCC(=O)NC3CCCC3)cc2C1. The van der Waals surface area contributed by atoms with Crippen LogP contribution in [0.15, 0.2) is 6.07 Å². The van der Waals surface area contributed by atoms with E-state index in [0.717, 1.165) is 31.6 Å². The van der Waals surface area contributed by atoms with Crippen LogP contribution >= 0.6 is 11.3 Å². The standard InChI is InChI=1S/C18H25NO3S/c1-2-12-7-8-15-13(9-12)10-16(23-15)18(21)22-11-17(20)19-14-5-3-4-6-14/h10,12,14H,2-9,11H2,1H3,(H,19,20)/t12-/m0/s1. The zero-order valence-corrected chi connectivity index (χ0v) is 14.5. The van der Waals surface area contributed by atoms with Gasteiger partial charge in [0.2, 0.25) is 0 Å². The van der Waals surface area contributed by atoms with Crippen LogP contribution in [0, 0.1) is 5.92 Å². The van der Waals surface area contributed by atoms with Gasteiger partial charge in [-0.05, 0) is 49.7 Å². The predicted octanol–water partition coefficient (Wildman–Crippen LogP) is 3.48. The number of ether oxygens (including phenoxy) is 1. The van der Waals surface area contributed by atoms with Gasteiger partial charge in [-0.25, -0.2) is 4.79 Å². The molecule has 1 atom stereocenters. The van der Waals surface area contributed by atoms with E-state index in [1.807, 2.05) is 6.07 Å². The van der Waals surface area contributed by atoms with Crippen LogP contribution in [0.5, 0.6) is 0 Å². The van der Waals surface area contributed by atoms with Crippen molar-refractivity contribution in [2.75, 3.05) is 6.61 Å². The van der Waals surface area contributed by atoms with Gasteiger partial charge in [0.15, 0.2) is 6.61 Å². The Morgan fingerprint density at radius 2 is 2.09 bits per heavy atom. The number of aryl methyl sites for hydroxylation is 1. The Kier molecular flexibility index (Phi) is 5.36. The van der Waals surface area contributed by atoms with E-state index in [1.54, 1.807) is 0 Å². The molecule has 0 radical (unpaired) electrons. The monoisotopic (exact) mass is 335 g/mol. The first-order valence-corrected chi connectivity index (χ1v) is 9.55. The second-order valence-corrected chi connectivity index (χ2v) is 7.84. The highest BCUT2D eigenvalue weighted by molar-refractivity contribution is 7.14. The first kappa shape index (κ1) is 16.5. The number of rotatable bonds is 5. The molecular formula is C18H25NO3S. The Morgan fingerprint density at radius 1 is 1.30 bits per heavy atom. The molecule has 1 heterocycles. The molecule has 2 aliphatic rings. The van der Waals surface area contributed by atoms with Crippen molar-refractivity contribution in [3.8, 4) is 0 Å². The van der Waals surface area contributed by atoms with Crippen molar-refractivity contribution in [1.82, 2.24) is 5.32 Å². The van der Waals surface area contributed by atoms with E-state index in [-0.39, 0.29) is 24.5 Å². The molecule has 0 saturated heterocycles. The van der Waals surface area contributed by atoms with Crippen LogP contribution in [0.4, 0.5) is 0 Å². The van der Waals surface area contributed by atoms with Crippen molar-refractivity contribution < 1.29 is 14.3 Å². The van der Waals surface area contributed by atoms with Gasteiger partial charge < -0.3 is 10.1 Å². The third-order valence-corrected chi connectivity index (χ3v) is 6.24. The van der Waals surface area contributed by atoms with E-state index < -0.39 is 0 Å². The molecule has 0 unspecified atom stereocenters. The summed E-state index contributed by atoms with van der Waals surface area (Å²) in [5, 5.41) is 2.94. The maximum Gasteiger partial charge on any atom is 0.348 e. The Morgan fingerprint density at radius 3 is 2.83 bits per heavy atom. The summed E-state index contributed by atoms with van der Waals surface area (Å²) in [6.45, 7) is 2.05. The third kappa shape index (κ3) is 4.14. The predicted molar refractivity (Wildman–Crippen MR) is 90.8 cm³/mol. The topological polar surface area (TPSA) is 55.4 Å².